The maximum absolute atomic E-state index is 11.4. The van der Waals surface area contributed by atoms with Crippen molar-refractivity contribution in [2.75, 3.05) is 0 Å². The van der Waals surface area contributed by atoms with Crippen LogP contribution in [0.4, 0.5) is 0 Å². The number of rotatable bonds is 1. The lowest BCUT2D eigenvalue weighted by molar-refractivity contribution is 0.0711. The Kier molecular flexibility index (Phi) is 3.97. The number of hydrogen-bond donors (Lipinski definition) is 1. The molecule has 0 atom stereocenters. The molecule has 1 N–H and O–H groups in total. The summed E-state index contributed by atoms with van der Waals surface area (Å²) in [6, 6.07) is 8.14. The second-order valence-corrected chi connectivity index (χ2v) is 4.86. The third-order valence-electron chi connectivity index (χ3n) is 1.46. The first kappa shape index (κ1) is 12.3. The Morgan fingerprint density at radius 1 is 1.20 bits per heavy atom. The predicted octanol–water partition coefficient (Wildman–Crippen LogP) is 3.19. The molecule has 0 spiro atoms. The monoisotopic (exact) mass is 265 g/mol. The molecule has 0 aliphatic carbocycles. The van der Waals surface area contributed by atoms with Gasteiger partial charge in [0.15, 0.2) is 0 Å². The second-order valence-electron chi connectivity index (χ2n) is 2.58. The van der Waals surface area contributed by atoms with Crippen LogP contribution in [-0.2, 0) is 4.74 Å². The van der Waals surface area contributed by atoms with Crippen LogP contribution in [0, 0.1) is 5.41 Å². The van der Waals surface area contributed by atoms with E-state index in [1.54, 1.807) is 18.2 Å². The first-order valence-corrected chi connectivity index (χ1v) is 4.97. The van der Waals surface area contributed by atoms with E-state index in [4.69, 9.17) is 40.2 Å². The number of alkyl halides is 3. The Morgan fingerprint density at radius 3 is 2.20 bits per heavy atom. The van der Waals surface area contributed by atoms with E-state index in [-0.39, 0.29) is 5.56 Å². The molecule has 0 bridgehead atoms. The van der Waals surface area contributed by atoms with Crippen molar-refractivity contribution in [2.45, 2.75) is 3.79 Å². The molecule has 0 aromatic heterocycles. The third-order valence-corrected chi connectivity index (χ3v) is 1.98. The summed E-state index contributed by atoms with van der Waals surface area (Å²) in [7, 11) is 0. The summed E-state index contributed by atoms with van der Waals surface area (Å²) in [5.41, 5.74) is 0.288. The lowest BCUT2D eigenvalue weighted by atomic mass is 10.2. The fourth-order valence-electron chi connectivity index (χ4n) is 0.784. The molecule has 0 heterocycles. The van der Waals surface area contributed by atoms with Gasteiger partial charge in [-0.15, -0.1) is 0 Å². The number of ether oxygens (including phenoxy) is 1. The molecule has 0 aliphatic heterocycles. The van der Waals surface area contributed by atoms with Crippen LogP contribution in [0.15, 0.2) is 30.3 Å². The zero-order valence-corrected chi connectivity index (χ0v) is 9.60. The highest BCUT2D eigenvalue weighted by Gasteiger charge is 2.30. The number of carbonyl (C=O) groups is 1. The topological polar surface area (TPSA) is 50.1 Å². The van der Waals surface area contributed by atoms with Crippen LogP contribution < -0.4 is 0 Å². The van der Waals surface area contributed by atoms with Gasteiger partial charge in [-0.25, -0.2) is 4.79 Å². The summed E-state index contributed by atoms with van der Waals surface area (Å²) in [5.74, 6) is -1.45. The van der Waals surface area contributed by atoms with Crippen molar-refractivity contribution >= 4 is 46.7 Å². The standard InChI is InChI=1S/C9H6Cl3NO2/c10-9(11,12)8(13)15-7(14)6-4-2-1-3-5-6/h1-5,13H. The fraction of sp³-hybridized carbons (Fsp3) is 0.111. The zero-order valence-electron chi connectivity index (χ0n) is 7.34. The average Bonchev–Trinajstić information content (AvgIpc) is 2.17. The highest BCUT2D eigenvalue weighted by atomic mass is 35.6. The summed E-state index contributed by atoms with van der Waals surface area (Å²) >= 11 is 16.0. The number of hydrogen-bond acceptors (Lipinski definition) is 3. The lowest BCUT2D eigenvalue weighted by Crippen LogP contribution is -2.24. The lowest BCUT2D eigenvalue weighted by Gasteiger charge is -2.11. The molecule has 6 heteroatoms. The molecule has 3 nitrogen and oxygen atoms in total. The van der Waals surface area contributed by atoms with Crippen molar-refractivity contribution in [2.24, 2.45) is 0 Å². The van der Waals surface area contributed by atoms with Gasteiger partial charge in [0.2, 0.25) is 5.90 Å². The van der Waals surface area contributed by atoms with Crippen molar-refractivity contribution in [3.05, 3.63) is 35.9 Å². The SMILES string of the molecule is N=C(OC(=O)c1ccccc1)C(Cl)(Cl)Cl. The average molecular weight is 267 g/mol. The van der Waals surface area contributed by atoms with Crippen molar-refractivity contribution in [1.29, 1.82) is 5.41 Å². The maximum Gasteiger partial charge on any atom is 0.344 e. The minimum absolute atomic E-state index is 0.288. The van der Waals surface area contributed by atoms with E-state index in [9.17, 15) is 4.79 Å². The number of carbonyl (C=O) groups excluding carboxylic acids is 1. The molecule has 15 heavy (non-hydrogen) atoms. The Bertz CT molecular complexity index is 373. The van der Waals surface area contributed by atoms with Crippen LogP contribution in [0.2, 0.25) is 0 Å². The molecular weight excluding hydrogens is 260 g/mol. The van der Waals surface area contributed by atoms with Gasteiger partial charge in [0, 0.05) is 0 Å². The van der Waals surface area contributed by atoms with E-state index in [0.29, 0.717) is 0 Å². The van der Waals surface area contributed by atoms with E-state index < -0.39 is 15.7 Å². The van der Waals surface area contributed by atoms with Gasteiger partial charge in [0.1, 0.15) is 0 Å². The molecule has 0 aliphatic rings. The highest BCUT2D eigenvalue weighted by molar-refractivity contribution is 6.76. The number of halogens is 3. The number of nitrogens with one attached hydrogen (secondary N) is 1. The molecule has 0 saturated carbocycles. The second kappa shape index (κ2) is 4.84. The van der Waals surface area contributed by atoms with E-state index in [1.165, 1.54) is 12.1 Å². The van der Waals surface area contributed by atoms with Gasteiger partial charge in [-0.1, -0.05) is 53.0 Å². The molecule has 0 radical (unpaired) electrons. The number of esters is 1. The minimum atomic E-state index is -2.02. The number of benzene rings is 1. The first-order valence-electron chi connectivity index (χ1n) is 3.84. The van der Waals surface area contributed by atoms with Gasteiger partial charge in [-0.3, -0.25) is 5.41 Å². The van der Waals surface area contributed by atoms with Crippen LogP contribution in [-0.4, -0.2) is 15.7 Å². The van der Waals surface area contributed by atoms with Crippen molar-refractivity contribution < 1.29 is 9.53 Å². The smallest absolute Gasteiger partial charge is 0.344 e. The highest BCUT2D eigenvalue weighted by Crippen LogP contribution is 2.28. The summed E-state index contributed by atoms with van der Waals surface area (Å²) in [6.07, 6.45) is 0. The van der Waals surface area contributed by atoms with Crippen LogP contribution in [0.25, 0.3) is 0 Å². The molecule has 1 aromatic carbocycles. The summed E-state index contributed by atoms with van der Waals surface area (Å²) in [6.45, 7) is 0. The first-order chi connectivity index (χ1) is 6.91. The fourth-order valence-corrected chi connectivity index (χ4v) is 0.899. The quantitative estimate of drug-likeness (QED) is 0.367. The molecule has 0 amide bonds. The van der Waals surface area contributed by atoms with E-state index in [1.807, 2.05) is 0 Å². The Labute approximate surface area is 101 Å². The molecular formula is C9H6Cl3NO2. The summed E-state index contributed by atoms with van der Waals surface area (Å²) < 4.78 is 2.53. The van der Waals surface area contributed by atoms with E-state index in [2.05, 4.69) is 4.74 Å². The van der Waals surface area contributed by atoms with Gasteiger partial charge >= 0.3 is 5.97 Å². The van der Waals surface area contributed by atoms with Crippen molar-refractivity contribution in [1.82, 2.24) is 0 Å². The van der Waals surface area contributed by atoms with Crippen LogP contribution in [0.3, 0.4) is 0 Å². The zero-order chi connectivity index (χ0) is 11.5. The van der Waals surface area contributed by atoms with E-state index in [0.717, 1.165) is 0 Å². The molecule has 1 rings (SSSR count). The molecule has 0 saturated heterocycles. The normalized spacial score (nSPS) is 10.9. The summed E-state index contributed by atoms with van der Waals surface area (Å²) in [4.78, 5) is 11.4. The molecule has 1 aromatic rings. The predicted molar refractivity (Wildman–Crippen MR) is 59.9 cm³/mol. The Balaban J connectivity index is 2.70. The third kappa shape index (κ3) is 3.70. The van der Waals surface area contributed by atoms with Crippen LogP contribution in [0.1, 0.15) is 10.4 Å². The Morgan fingerprint density at radius 2 is 1.73 bits per heavy atom. The molecule has 0 unspecified atom stereocenters. The largest absolute Gasteiger partial charge is 0.404 e. The van der Waals surface area contributed by atoms with Gasteiger partial charge in [-0.05, 0) is 12.1 Å². The molecule has 0 fully saturated rings. The summed E-state index contributed by atoms with van der Waals surface area (Å²) in [5, 5.41) is 7.18. The van der Waals surface area contributed by atoms with Crippen LogP contribution >= 0.6 is 34.8 Å². The van der Waals surface area contributed by atoms with E-state index >= 15 is 0 Å². The van der Waals surface area contributed by atoms with Gasteiger partial charge in [0.05, 0.1) is 5.56 Å². The van der Waals surface area contributed by atoms with Gasteiger partial charge in [-0.2, -0.15) is 0 Å². The van der Waals surface area contributed by atoms with Crippen LogP contribution in [0.5, 0.6) is 0 Å². The van der Waals surface area contributed by atoms with Gasteiger partial charge in [0.25, 0.3) is 3.79 Å². The van der Waals surface area contributed by atoms with Gasteiger partial charge < -0.3 is 4.74 Å². The van der Waals surface area contributed by atoms with Crippen molar-refractivity contribution in [3.8, 4) is 0 Å². The Hall–Kier alpha value is -0.770. The minimum Gasteiger partial charge on any atom is -0.404 e. The van der Waals surface area contributed by atoms with Crippen molar-refractivity contribution in [3.63, 3.8) is 0 Å². The molecule has 80 valence electrons. The maximum atomic E-state index is 11.4.